The molecule has 3 heteroatoms. The molecule has 2 N–H and O–H groups in total. The molecule has 0 saturated carbocycles. The van der Waals surface area contributed by atoms with Crippen molar-refractivity contribution in [1.82, 2.24) is 4.90 Å². The molecule has 0 aromatic heterocycles. The summed E-state index contributed by atoms with van der Waals surface area (Å²) in [6.45, 7) is 4.03. The Morgan fingerprint density at radius 1 is 1.64 bits per heavy atom. The fourth-order valence-corrected chi connectivity index (χ4v) is 1.59. The lowest BCUT2D eigenvalue weighted by molar-refractivity contribution is 0.0326. The van der Waals surface area contributed by atoms with Crippen molar-refractivity contribution in [2.24, 2.45) is 5.73 Å². The van der Waals surface area contributed by atoms with Crippen LogP contribution >= 0.6 is 0 Å². The van der Waals surface area contributed by atoms with Gasteiger partial charge in [-0.05, 0) is 19.4 Å². The molecular weight excluding hydrogens is 140 g/mol. The van der Waals surface area contributed by atoms with E-state index in [2.05, 4.69) is 4.90 Å². The van der Waals surface area contributed by atoms with Gasteiger partial charge in [-0.3, -0.25) is 4.90 Å². The van der Waals surface area contributed by atoms with Gasteiger partial charge in [0, 0.05) is 26.7 Å². The Morgan fingerprint density at radius 2 is 2.45 bits per heavy atom. The van der Waals surface area contributed by atoms with Gasteiger partial charge in [0.2, 0.25) is 0 Å². The first-order valence-electron chi connectivity index (χ1n) is 4.32. The third-order valence-corrected chi connectivity index (χ3v) is 2.24. The molecule has 1 saturated heterocycles. The van der Waals surface area contributed by atoms with Gasteiger partial charge in [0.15, 0.2) is 0 Å². The highest BCUT2D eigenvalue weighted by atomic mass is 16.5. The number of hydrogen-bond donors (Lipinski definition) is 1. The summed E-state index contributed by atoms with van der Waals surface area (Å²) >= 11 is 0. The second-order valence-corrected chi connectivity index (χ2v) is 3.09. The van der Waals surface area contributed by atoms with Crippen LogP contribution in [0.5, 0.6) is 0 Å². The first kappa shape index (κ1) is 8.97. The second kappa shape index (κ2) is 4.70. The zero-order chi connectivity index (χ0) is 8.10. The van der Waals surface area contributed by atoms with Gasteiger partial charge in [0.25, 0.3) is 0 Å². The van der Waals surface area contributed by atoms with Crippen LogP contribution in [0, 0.1) is 0 Å². The molecule has 1 fully saturated rings. The molecular formula is C8H18N2O. The molecule has 0 bridgehead atoms. The lowest BCUT2D eigenvalue weighted by Crippen LogP contribution is -2.41. The van der Waals surface area contributed by atoms with Crippen molar-refractivity contribution in [3.63, 3.8) is 0 Å². The molecule has 0 aliphatic carbocycles. The first-order chi connectivity index (χ1) is 5.36. The number of rotatable bonds is 3. The van der Waals surface area contributed by atoms with Gasteiger partial charge in [0.1, 0.15) is 0 Å². The smallest absolute Gasteiger partial charge is 0.0698 e. The number of likely N-dealkylation sites (tertiary alicyclic amines) is 1. The van der Waals surface area contributed by atoms with E-state index in [-0.39, 0.29) is 0 Å². The lowest BCUT2D eigenvalue weighted by atomic mass is 10.1. The maximum atomic E-state index is 5.46. The summed E-state index contributed by atoms with van der Waals surface area (Å²) in [7, 11) is 1.79. The summed E-state index contributed by atoms with van der Waals surface area (Å²) in [5.41, 5.74) is 5.46. The number of piperidine rings is 1. The molecule has 1 atom stereocenters. The Labute approximate surface area is 68.5 Å². The van der Waals surface area contributed by atoms with Crippen LogP contribution in [0.3, 0.4) is 0 Å². The standard InChI is InChI=1S/C8H18N2O/c1-11-8-3-2-5-10(7-8)6-4-9/h8H,2-7,9H2,1H3/t8-/m1/s1. The number of hydrogen-bond acceptors (Lipinski definition) is 3. The molecule has 11 heavy (non-hydrogen) atoms. The van der Waals surface area contributed by atoms with E-state index in [9.17, 15) is 0 Å². The molecule has 0 unspecified atom stereocenters. The van der Waals surface area contributed by atoms with Gasteiger partial charge in [-0.15, -0.1) is 0 Å². The minimum absolute atomic E-state index is 0.440. The molecule has 0 spiro atoms. The Kier molecular flexibility index (Phi) is 3.83. The molecule has 0 radical (unpaired) electrons. The van der Waals surface area contributed by atoms with Crippen LogP contribution in [-0.2, 0) is 4.74 Å². The summed E-state index contributed by atoms with van der Waals surface area (Å²) in [4.78, 5) is 2.37. The zero-order valence-corrected chi connectivity index (χ0v) is 7.25. The van der Waals surface area contributed by atoms with Crippen molar-refractivity contribution in [2.45, 2.75) is 18.9 Å². The van der Waals surface area contributed by atoms with E-state index in [0.29, 0.717) is 6.10 Å². The van der Waals surface area contributed by atoms with Crippen LogP contribution in [0.15, 0.2) is 0 Å². The van der Waals surface area contributed by atoms with Gasteiger partial charge in [-0.1, -0.05) is 0 Å². The Bertz CT molecular complexity index is 106. The predicted molar refractivity (Wildman–Crippen MR) is 45.5 cm³/mol. The van der Waals surface area contributed by atoms with Crippen molar-refractivity contribution in [2.75, 3.05) is 33.3 Å². The minimum Gasteiger partial charge on any atom is -0.380 e. The molecule has 0 aromatic carbocycles. The van der Waals surface area contributed by atoms with Crippen LogP contribution in [0.1, 0.15) is 12.8 Å². The van der Waals surface area contributed by atoms with E-state index < -0.39 is 0 Å². The van der Waals surface area contributed by atoms with E-state index in [1.165, 1.54) is 19.4 Å². The Balaban J connectivity index is 2.21. The summed E-state index contributed by atoms with van der Waals surface area (Å²) in [5, 5.41) is 0. The topological polar surface area (TPSA) is 38.5 Å². The van der Waals surface area contributed by atoms with Gasteiger partial charge < -0.3 is 10.5 Å². The fourth-order valence-electron chi connectivity index (χ4n) is 1.59. The van der Waals surface area contributed by atoms with Crippen LogP contribution in [0.4, 0.5) is 0 Å². The van der Waals surface area contributed by atoms with E-state index in [0.717, 1.165) is 19.6 Å². The maximum absolute atomic E-state index is 5.46. The van der Waals surface area contributed by atoms with Crippen molar-refractivity contribution in [3.8, 4) is 0 Å². The van der Waals surface area contributed by atoms with Crippen LogP contribution < -0.4 is 5.73 Å². The summed E-state index contributed by atoms with van der Waals surface area (Å²) in [5.74, 6) is 0. The van der Waals surface area contributed by atoms with Gasteiger partial charge in [0.05, 0.1) is 6.10 Å². The van der Waals surface area contributed by atoms with Crippen molar-refractivity contribution in [3.05, 3.63) is 0 Å². The average Bonchev–Trinajstić information content (AvgIpc) is 2.06. The van der Waals surface area contributed by atoms with Gasteiger partial charge in [-0.2, -0.15) is 0 Å². The molecule has 66 valence electrons. The molecule has 1 aliphatic rings. The van der Waals surface area contributed by atoms with E-state index in [1.807, 2.05) is 0 Å². The average molecular weight is 158 g/mol. The summed E-state index contributed by atoms with van der Waals surface area (Å²) in [6, 6.07) is 0. The normalized spacial score (nSPS) is 27.3. The van der Waals surface area contributed by atoms with Gasteiger partial charge >= 0.3 is 0 Å². The van der Waals surface area contributed by atoms with Crippen molar-refractivity contribution < 1.29 is 4.74 Å². The van der Waals surface area contributed by atoms with Crippen molar-refractivity contribution >= 4 is 0 Å². The molecule has 1 aliphatic heterocycles. The van der Waals surface area contributed by atoms with Gasteiger partial charge in [-0.25, -0.2) is 0 Å². The molecule has 1 heterocycles. The SMILES string of the molecule is CO[C@@H]1CCCN(CCN)C1. The molecule has 3 nitrogen and oxygen atoms in total. The minimum atomic E-state index is 0.440. The lowest BCUT2D eigenvalue weighted by Gasteiger charge is -2.31. The van der Waals surface area contributed by atoms with E-state index >= 15 is 0 Å². The predicted octanol–water partition coefficient (Wildman–Crippen LogP) is 0.0559. The largest absolute Gasteiger partial charge is 0.380 e. The first-order valence-corrected chi connectivity index (χ1v) is 4.32. The third-order valence-electron chi connectivity index (χ3n) is 2.24. The molecule has 0 amide bonds. The highest BCUT2D eigenvalue weighted by Crippen LogP contribution is 2.11. The number of methoxy groups -OCH3 is 1. The van der Waals surface area contributed by atoms with Crippen LogP contribution in [0.2, 0.25) is 0 Å². The quantitative estimate of drug-likeness (QED) is 0.631. The number of nitrogens with two attached hydrogens (primary N) is 1. The van der Waals surface area contributed by atoms with E-state index in [4.69, 9.17) is 10.5 Å². The van der Waals surface area contributed by atoms with Crippen LogP contribution in [-0.4, -0.2) is 44.3 Å². The second-order valence-electron chi connectivity index (χ2n) is 3.09. The third kappa shape index (κ3) is 2.77. The highest BCUT2D eigenvalue weighted by molar-refractivity contribution is 4.72. The zero-order valence-electron chi connectivity index (χ0n) is 7.25. The monoisotopic (exact) mass is 158 g/mol. The van der Waals surface area contributed by atoms with Crippen molar-refractivity contribution in [1.29, 1.82) is 0 Å². The van der Waals surface area contributed by atoms with Crippen LogP contribution in [0.25, 0.3) is 0 Å². The number of ether oxygens (including phenoxy) is 1. The molecule has 1 rings (SSSR count). The summed E-state index contributed by atoms with van der Waals surface area (Å²) in [6.07, 6.45) is 2.89. The van der Waals surface area contributed by atoms with E-state index in [1.54, 1.807) is 7.11 Å². The fraction of sp³-hybridized carbons (Fsp3) is 1.00. The molecule has 0 aromatic rings. The summed E-state index contributed by atoms with van der Waals surface area (Å²) < 4.78 is 5.29. The maximum Gasteiger partial charge on any atom is 0.0698 e. The Hall–Kier alpha value is -0.120. The Morgan fingerprint density at radius 3 is 3.09 bits per heavy atom. The number of nitrogens with zero attached hydrogens (tertiary/aromatic N) is 1. The highest BCUT2D eigenvalue weighted by Gasteiger charge is 2.17.